The van der Waals surface area contributed by atoms with Crippen LogP contribution in [0.2, 0.25) is 0 Å². The number of rotatable bonds is 6. The zero-order valence-electron chi connectivity index (χ0n) is 13.8. The van der Waals surface area contributed by atoms with Gasteiger partial charge in [-0.25, -0.2) is 8.42 Å². The lowest BCUT2D eigenvalue weighted by Crippen LogP contribution is -2.13. The molecule has 1 aliphatic carbocycles. The number of anilines is 1. The lowest BCUT2D eigenvalue weighted by Gasteiger charge is -2.14. The summed E-state index contributed by atoms with van der Waals surface area (Å²) in [6.07, 6.45) is 4.56. The van der Waals surface area contributed by atoms with Crippen molar-refractivity contribution in [2.45, 2.75) is 36.7 Å². The van der Waals surface area contributed by atoms with Crippen molar-refractivity contribution in [3.63, 3.8) is 0 Å². The van der Waals surface area contributed by atoms with Gasteiger partial charge in [-0.3, -0.25) is 14.8 Å². The van der Waals surface area contributed by atoms with Crippen LogP contribution in [-0.2, 0) is 10.0 Å². The van der Waals surface area contributed by atoms with Gasteiger partial charge in [-0.05, 0) is 62.1 Å². The Balaban J connectivity index is 1.74. The maximum Gasteiger partial charge on any atom is 0.312 e. The van der Waals surface area contributed by atoms with Crippen LogP contribution in [0.5, 0.6) is 11.5 Å². The molecular weight excluding hydrogens is 360 g/mol. The number of phenolic OH excluding ortho intramolecular Hbond substituents is 1. The number of phenols is 1. The third-order valence-electron chi connectivity index (χ3n) is 4.17. The molecule has 8 nitrogen and oxygen atoms in total. The minimum Gasteiger partial charge on any atom is -0.502 e. The molecule has 2 aromatic rings. The van der Waals surface area contributed by atoms with Crippen LogP contribution >= 0.6 is 0 Å². The Hall–Kier alpha value is -2.81. The first-order valence-electron chi connectivity index (χ1n) is 8.12. The Kier molecular flexibility index (Phi) is 4.99. The second-order valence-corrected chi connectivity index (χ2v) is 7.74. The topological polar surface area (TPSA) is 119 Å². The lowest BCUT2D eigenvalue weighted by atomic mass is 10.3. The zero-order valence-corrected chi connectivity index (χ0v) is 14.6. The summed E-state index contributed by atoms with van der Waals surface area (Å²) in [5, 5.41) is 20.3. The Morgan fingerprint density at radius 2 is 1.77 bits per heavy atom. The monoisotopic (exact) mass is 378 g/mol. The number of aromatic hydroxyl groups is 1. The van der Waals surface area contributed by atoms with Gasteiger partial charge in [0.2, 0.25) is 0 Å². The van der Waals surface area contributed by atoms with E-state index in [4.69, 9.17) is 4.74 Å². The number of ether oxygens (including phenoxy) is 1. The van der Waals surface area contributed by atoms with Crippen LogP contribution < -0.4 is 9.46 Å². The molecular formula is C17H18N2O6S. The molecule has 0 atom stereocenters. The molecule has 2 aromatic carbocycles. The molecule has 0 heterocycles. The summed E-state index contributed by atoms with van der Waals surface area (Å²) in [7, 11) is -4.03. The van der Waals surface area contributed by atoms with Gasteiger partial charge in [-0.2, -0.15) is 0 Å². The lowest BCUT2D eigenvalue weighted by molar-refractivity contribution is -0.386. The average molecular weight is 378 g/mol. The van der Waals surface area contributed by atoms with Crippen molar-refractivity contribution in [1.29, 1.82) is 0 Å². The fourth-order valence-corrected chi connectivity index (χ4v) is 3.91. The normalized spacial score (nSPS) is 14.9. The van der Waals surface area contributed by atoms with E-state index in [-0.39, 0.29) is 11.0 Å². The summed E-state index contributed by atoms with van der Waals surface area (Å²) in [6.45, 7) is 0. The van der Waals surface area contributed by atoms with Crippen LogP contribution in [0.15, 0.2) is 47.4 Å². The summed E-state index contributed by atoms with van der Waals surface area (Å²) >= 11 is 0. The molecule has 138 valence electrons. The van der Waals surface area contributed by atoms with Crippen molar-refractivity contribution < 1.29 is 23.2 Å². The molecule has 9 heteroatoms. The van der Waals surface area contributed by atoms with E-state index in [0.717, 1.165) is 43.9 Å². The summed E-state index contributed by atoms with van der Waals surface area (Å²) in [5.41, 5.74) is -0.368. The van der Waals surface area contributed by atoms with Crippen molar-refractivity contribution in [2.75, 3.05) is 4.72 Å². The molecule has 1 aliphatic rings. The third-order valence-corrected chi connectivity index (χ3v) is 5.54. The van der Waals surface area contributed by atoms with Crippen LogP contribution in [0.4, 0.5) is 11.4 Å². The van der Waals surface area contributed by atoms with E-state index in [9.17, 15) is 23.6 Å². The Bertz CT molecular complexity index is 905. The smallest absolute Gasteiger partial charge is 0.312 e. The number of nitrogens with one attached hydrogen (secondary N) is 1. The molecule has 0 bridgehead atoms. The first kappa shape index (κ1) is 18.0. The third kappa shape index (κ3) is 4.05. The predicted octanol–water partition coefficient (Wildman–Crippen LogP) is 3.42. The molecule has 0 aromatic heterocycles. The minimum atomic E-state index is -4.03. The molecule has 0 spiro atoms. The Labute approximate surface area is 150 Å². The first-order chi connectivity index (χ1) is 12.3. The van der Waals surface area contributed by atoms with E-state index in [1.165, 1.54) is 0 Å². The highest BCUT2D eigenvalue weighted by molar-refractivity contribution is 7.92. The van der Waals surface area contributed by atoms with Crippen molar-refractivity contribution in [3.05, 3.63) is 52.6 Å². The van der Waals surface area contributed by atoms with Gasteiger partial charge >= 0.3 is 5.69 Å². The van der Waals surface area contributed by atoms with Gasteiger partial charge in [0.05, 0.1) is 15.9 Å². The maximum absolute atomic E-state index is 12.4. The van der Waals surface area contributed by atoms with E-state index in [2.05, 4.69) is 4.72 Å². The van der Waals surface area contributed by atoms with Crippen molar-refractivity contribution in [3.8, 4) is 11.5 Å². The van der Waals surface area contributed by atoms with E-state index in [0.29, 0.717) is 11.4 Å². The van der Waals surface area contributed by atoms with Crippen LogP contribution in [-0.4, -0.2) is 24.6 Å². The number of hydrogen-bond donors (Lipinski definition) is 2. The summed E-state index contributed by atoms with van der Waals surface area (Å²) in [4.78, 5) is 9.70. The van der Waals surface area contributed by atoms with E-state index in [1.54, 1.807) is 24.3 Å². The predicted molar refractivity (Wildman–Crippen MR) is 94.9 cm³/mol. The highest BCUT2D eigenvalue weighted by atomic mass is 32.2. The van der Waals surface area contributed by atoms with E-state index < -0.39 is 26.4 Å². The summed E-state index contributed by atoms with van der Waals surface area (Å²) in [5.74, 6) is 0.0717. The van der Waals surface area contributed by atoms with Crippen molar-refractivity contribution in [2.24, 2.45) is 0 Å². The first-order valence-corrected chi connectivity index (χ1v) is 9.60. The van der Waals surface area contributed by atoms with Gasteiger partial charge in [0, 0.05) is 11.8 Å². The molecule has 3 rings (SSSR count). The molecule has 2 N–H and O–H groups in total. The second kappa shape index (κ2) is 7.20. The van der Waals surface area contributed by atoms with E-state index in [1.807, 2.05) is 0 Å². The van der Waals surface area contributed by atoms with Crippen LogP contribution in [0.3, 0.4) is 0 Å². The quantitative estimate of drug-likeness (QED) is 0.587. The number of benzene rings is 2. The minimum absolute atomic E-state index is 0.204. The number of sulfonamides is 1. The highest BCUT2D eigenvalue weighted by Crippen LogP contribution is 2.30. The van der Waals surface area contributed by atoms with Gasteiger partial charge in [0.1, 0.15) is 5.75 Å². The molecule has 0 amide bonds. The fraction of sp³-hybridized carbons (Fsp3) is 0.294. The number of nitro groups is 1. The number of nitro benzene ring substituents is 1. The highest BCUT2D eigenvalue weighted by Gasteiger charge is 2.21. The van der Waals surface area contributed by atoms with Gasteiger partial charge < -0.3 is 9.84 Å². The molecule has 1 saturated carbocycles. The van der Waals surface area contributed by atoms with Gasteiger partial charge in [0.25, 0.3) is 10.0 Å². The van der Waals surface area contributed by atoms with Crippen LogP contribution in [0.25, 0.3) is 0 Å². The second-order valence-electron chi connectivity index (χ2n) is 6.06. The molecule has 26 heavy (non-hydrogen) atoms. The number of hydrogen-bond acceptors (Lipinski definition) is 6. The summed E-state index contributed by atoms with van der Waals surface area (Å²) in [6, 6.07) is 9.38. The average Bonchev–Trinajstić information content (AvgIpc) is 3.09. The Morgan fingerprint density at radius 1 is 1.12 bits per heavy atom. The van der Waals surface area contributed by atoms with Gasteiger partial charge in [-0.1, -0.05) is 0 Å². The SMILES string of the molecule is O=[N+]([O-])c1cc(S(=O)(=O)Nc2ccc(OC3CCCC3)cc2)ccc1O. The summed E-state index contributed by atoms with van der Waals surface area (Å²) < 4.78 is 33.0. The Morgan fingerprint density at radius 3 is 2.38 bits per heavy atom. The maximum atomic E-state index is 12.4. The van der Waals surface area contributed by atoms with Gasteiger partial charge in [-0.15, -0.1) is 0 Å². The standard InChI is InChI=1S/C17H18N2O6S/c20-17-10-9-15(11-16(17)19(21)22)26(23,24)18-12-5-7-14(8-6-12)25-13-3-1-2-4-13/h5-11,13,18,20H,1-4H2. The van der Waals surface area contributed by atoms with Gasteiger partial charge in [0.15, 0.2) is 5.75 Å². The molecule has 0 radical (unpaired) electrons. The zero-order chi connectivity index (χ0) is 18.7. The van der Waals surface area contributed by atoms with Crippen molar-refractivity contribution >= 4 is 21.4 Å². The fourth-order valence-electron chi connectivity index (χ4n) is 2.83. The van der Waals surface area contributed by atoms with E-state index >= 15 is 0 Å². The molecule has 0 saturated heterocycles. The number of nitrogens with zero attached hydrogens (tertiary/aromatic N) is 1. The van der Waals surface area contributed by atoms with Crippen LogP contribution in [0.1, 0.15) is 25.7 Å². The van der Waals surface area contributed by atoms with Crippen molar-refractivity contribution in [1.82, 2.24) is 0 Å². The molecule has 1 fully saturated rings. The van der Waals surface area contributed by atoms with Crippen LogP contribution in [0, 0.1) is 10.1 Å². The largest absolute Gasteiger partial charge is 0.502 e. The molecule has 0 aliphatic heterocycles. The molecule has 0 unspecified atom stereocenters.